The molecule has 0 spiro atoms. The summed E-state index contributed by atoms with van der Waals surface area (Å²) in [6.45, 7) is 0. The summed E-state index contributed by atoms with van der Waals surface area (Å²) in [5.74, 6) is -0.293. The Morgan fingerprint density at radius 1 is 1.26 bits per heavy atom. The molecule has 0 bridgehead atoms. The predicted molar refractivity (Wildman–Crippen MR) is 104 cm³/mol. The molecular weight excluding hydrogens is 369 g/mol. The van der Waals surface area contributed by atoms with Crippen molar-refractivity contribution in [2.75, 3.05) is 19.5 Å². The van der Waals surface area contributed by atoms with Gasteiger partial charge in [0.2, 0.25) is 11.8 Å². The molecule has 0 aliphatic carbocycles. The van der Waals surface area contributed by atoms with E-state index in [1.54, 1.807) is 31.3 Å². The molecule has 2 amide bonds. The number of para-hydroxylation sites is 2. The highest BCUT2D eigenvalue weighted by Crippen LogP contribution is 2.31. The number of hydrogen-bond acceptors (Lipinski definition) is 5. The Kier molecular flexibility index (Phi) is 5.75. The number of amides is 2. The Balaban J connectivity index is 1.68. The zero-order valence-corrected chi connectivity index (χ0v) is 15.6. The molecule has 1 fully saturated rings. The molecule has 0 saturated carbocycles. The van der Waals surface area contributed by atoms with Gasteiger partial charge in [-0.3, -0.25) is 14.5 Å². The first-order chi connectivity index (χ1) is 13.0. The number of anilines is 1. The highest BCUT2D eigenvalue weighted by Gasteiger charge is 2.37. The van der Waals surface area contributed by atoms with Gasteiger partial charge in [-0.15, -0.1) is 0 Å². The van der Waals surface area contributed by atoms with Crippen molar-refractivity contribution in [3.05, 3.63) is 54.3 Å². The highest BCUT2D eigenvalue weighted by atomic mass is 32.2. The van der Waals surface area contributed by atoms with E-state index in [2.05, 4.69) is 10.3 Å². The summed E-state index contributed by atoms with van der Waals surface area (Å²) in [7, 11) is 3.13. The monoisotopic (exact) mass is 387 g/mol. The van der Waals surface area contributed by atoms with Crippen LogP contribution in [0.25, 0.3) is 0 Å². The second-order valence-electron chi connectivity index (χ2n) is 5.83. The second kappa shape index (κ2) is 8.22. The number of carbonyl (C=O) groups is 2. The Bertz CT molecular complexity index is 886. The number of amidine groups is 1. The van der Waals surface area contributed by atoms with Crippen molar-refractivity contribution >= 4 is 40.1 Å². The van der Waals surface area contributed by atoms with Crippen molar-refractivity contribution in [1.82, 2.24) is 4.90 Å². The number of hydrogen-bond donors (Lipinski definition) is 1. The van der Waals surface area contributed by atoms with Gasteiger partial charge in [-0.25, -0.2) is 9.38 Å². The van der Waals surface area contributed by atoms with Gasteiger partial charge in [0.05, 0.1) is 18.5 Å². The molecule has 8 heteroatoms. The summed E-state index contributed by atoms with van der Waals surface area (Å²) in [5, 5.41) is 2.67. The molecular formula is C19H18FN3O3S. The lowest BCUT2D eigenvalue weighted by molar-refractivity contribution is -0.127. The third kappa shape index (κ3) is 4.46. The van der Waals surface area contributed by atoms with E-state index in [9.17, 15) is 14.0 Å². The maximum atomic E-state index is 13.0. The molecule has 2 aromatic rings. The molecule has 3 rings (SSSR count). The molecule has 1 unspecified atom stereocenters. The number of nitrogens with one attached hydrogen (secondary N) is 1. The summed E-state index contributed by atoms with van der Waals surface area (Å²) in [6, 6.07) is 12.7. The van der Waals surface area contributed by atoms with Gasteiger partial charge in [0.25, 0.3) is 0 Å². The molecule has 140 valence electrons. The molecule has 1 heterocycles. The topological polar surface area (TPSA) is 71.0 Å². The molecule has 1 saturated heterocycles. The third-order valence-corrected chi connectivity index (χ3v) is 5.17. The van der Waals surface area contributed by atoms with Gasteiger partial charge in [-0.05, 0) is 36.4 Å². The molecule has 1 N–H and O–H groups in total. The van der Waals surface area contributed by atoms with Gasteiger partial charge in [-0.1, -0.05) is 23.9 Å². The van der Waals surface area contributed by atoms with E-state index in [-0.39, 0.29) is 24.1 Å². The van der Waals surface area contributed by atoms with Gasteiger partial charge in [0, 0.05) is 13.5 Å². The lowest BCUT2D eigenvalue weighted by atomic mass is 10.2. The van der Waals surface area contributed by atoms with Gasteiger partial charge >= 0.3 is 0 Å². The quantitative estimate of drug-likeness (QED) is 0.853. The van der Waals surface area contributed by atoms with Crippen LogP contribution in [0.1, 0.15) is 6.42 Å². The van der Waals surface area contributed by atoms with Gasteiger partial charge in [0.15, 0.2) is 5.17 Å². The number of thioether (sulfide) groups is 1. The van der Waals surface area contributed by atoms with Crippen molar-refractivity contribution in [1.29, 1.82) is 0 Å². The molecule has 1 atom stereocenters. The Hall–Kier alpha value is -2.87. The number of nitrogens with zero attached hydrogens (tertiary/aromatic N) is 2. The highest BCUT2D eigenvalue weighted by molar-refractivity contribution is 8.15. The molecule has 1 aliphatic heterocycles. The summed E-state index contributed by atoms with van der Waals surface area (Å²) < 4.78 is 18.2. The average Bonchev–Trinajstić information content (AvgIpc) is 2.92. The smallest absolute Gasteiger partial charge is 0.242 e. The Morgan fingerprint density at radius 2 is 1.96 bits per heavy atom. The second-order valence-corrected chi connectivity index (χ2v) is 7.00. The average molecular weight is 387 g/mol. The number of ether oxygens (including phenoxy) is 1. The first kappa shape index (κ1) is 18.9. The maximum absolute atomic E-state index is 13.0. The largest absolute Gasteiger partial charge is 0.495 e. The number of rotatable bonds is 5. The fraction of sp³-hybridized carbons (Fsp3) is 0.211. The minimum atomic E-state index is -0.566. The van der Waals surface area contributed by atoms with Crippen LogP contribution in [0, 0.1) is 5.82 Å². The lowest BCUT2D eigenvalue weighted by Crippen LogP contribution is -2.30. The van der Waals surface area contributed by atoms with Gasteiger partial charge in [-0.2, -0.15) is 0 Å². The zero-order valence-electron chi connectivity index (χ0n) is 14.8. The molecule has 27 heavy (non-hydrogen) atoms. The van der Waals surface area contributed by atoms with Crippen LogP contribution in [0.15, 0.2) is 53.5 Å². The Morgan fingerprint density at radius 3 is 2.67 bits per heavy atom. The maximum Gasteiger partial charge on any atom is 0.242 e. The standard InChI is InChI=1S/C19H18FN3O3S/c1-23-18(25)16(27-19(23)21-13-9-7-12(20)8-10-13)11-17(24)22-14-5-3-4-6-15(14)26-2/h3-10,16H,11H2,1-2H3,(H,22,24). The van der Waals surface area contributed by atoms with Crippen LogP contribution in [-0.4, -0.2) is 41.3 Å². The van der Waals surface area contributed by atoms with Crippen molar-refractivity contribution in [2.45, 2.75) is 11.7 Å². The summed E-state index contributed by atoms with van der Waals surface area (Å²) in [6.07, 6.45) is 0.00826. The van der Waals surface area contributed by atoms with E-state index in [4.69, 9.17) is 4.74 Å². The molecule has 1 aliphatic rings. The van der Waals surface area contributed by atoms with Crippen LogP contribution >= 0.6 is 11.8 Å². The minimum Gasteiger partial charge on any atom is -0.495 e. The Labute approximate surface area is 160 Å². The fourth-order valence-corrected chi connectivity index (χ4v) is 3.70. The predicted octanol–water partition coefficient (Wildman–Crippen LogP) is 3.42. The van der Waals surface area contributed by atoms with Crippen molar-refractivity contribution < 1.29 is 18.7 Å². The third-order valence-electron chi connectivity index (χ3n) is 3.94. The van der Waals surface area contributed by atoms with Crippen LogP contribution in [-0.2, 0) is 9.59 Å². The fourth-order valence-electron chi connectivity index (χ4n) is 2.54. The van der Waals surface area contributed by atoms with Crippen LogP contribution in [0.2, 0.25) is 0 Å². The van der Waals surface area contributed by atoms with Crippen LogP contribution in [0.5, 0.6) is 5.75 Å². The number of halogens is 1. The minimum absolute atomic E-state index is 0.00826. The van der Waals surface area contributed by atoms with Crippen molar-refractivity contribution in [3.63, 3.8) is 0 Å². The van der Waals surface area contributed by atoms with Crippen molar-refractivity contribution in [2.24, 2.45) is 4.99 Å². The van der Waals surface area contributed by atoms with E-state index in [1.165, 1.54) is 48.0 Å². The van der Waals surface area contributed by atoms with Gasteiger partial charge < -0.3 is 10.1 Å². The molecule has 0 radical (unpaired) electrons. The molecule has 2 aromatic carbocycles. The van der Waals surface area contributed by atoms with Crippen LogP contribution < -0.4 is 10.1 Å². The zero-order chi connectivity index (χ0) is 19.4. The number of methoxy groups -OCH3 is 1. The normalized spacial score (nSPS) is 18.0. The first-order valence-corrected chi connectivity index (χ1v) is 9.07. The van der Waals surface area contributed by atoms with Gasteiger partial charge in [0.1, 0.15) is 16.8 Å². The summed E-state index contributed by atoms with van der Waals surface area (Å²) >= 11 is 1.22. The lowest BCUT2D eigenvalue weighted by Gasteiger charge is -2.11. The SMILES string of the molecule is COc1ccccc1NC(=O)CC1SC(=Nc2ccc(F)cc2)N(C)C1=O. The van der Waals surface area contributed by atoms with Crippen molar-refractivity contribution in [3.8, 4) is 5.75 Å². The van der Waals surface area contributed by atoms with E-state index in [1.807, 2.05) is 0 Å². The summed E-state index contributed by atoms with van der Waals surface area (Å²) in [5.41, 5.74) is 1.09. The van der Waals surface area contributed by atoms with E-state index in [0.717, 1.165) is 0 Å². The molecule has 6 nitrogen and oxygen atoms in total. The number of carbonyl (C=O) groups excluding carboxylic acids is 2. The van der Waals surface area contributed by atoms with E-state index >= 15 is 0 Å². The van der Waals surface area contributed by atoms with Crippen LogP contribution in [0.4, 0.5) is 15.8 Å². The molecule has 0 aromatic heterocycles. The van der Waals surface area contributed by atoms with E-state index < -0.39 is 5.25 Å². The van der Waals surface area contributed by atoms with E-state index in [0.29, 0.717) is 22.3 Å². The number of aliphatic imine (C=N–C) groups is 1. The summed E-state index contributed by atoms with van der Waals surface area (Å²) in [4.78, 5) is 30.6. The number of benzene rings is 2. The first-order valence-electron chi connectivity index (χ1n) is 8.19. The van der Waals surface area contributed by atoms with Crippen LogP contribution in [0.3, 0.4) is 0 Å².